The van der Waals surface area contributed by atoms with Gasteiger partial charge in [0.2, 0.25) is 0 Å². The molecule has 0 aliphatic rings. The third-order valence-electron chi connectivity index (χ3n) is 3.56. The monoisotopic (exact) mass is 372 g/mol. The summed E-state index contributed by atoms with van der Waals surface area (Å²) in [5.74, 6) is -0.0144. The van der Waals surface area contributed by atoms with E-state index in [4.69, 9.17) is 23.2 Å². The van der Waals surface area contributed by atoms with Crippen LogP contribution in [0.25, 0.3) is 0 Å². The Morgan fingerprint density at radius 1 is 0.750 bits per heavy atom. The van der Waals surface area contributed by atoms with E-state index in [1.807, 2.05) is 60.7 Å². The van der Waals surface area contributed by atoms with Gasteiger partial charge in [0, 0.05) is 26.1 Å². The summed E-state index contributed by atoms with van der Waals surface area (Å²) >= 11 is 14.2. The summed E-state index contributed by atoms with van der Waals surface area (Å²) in [4.78, 5) is 14.1. The van der Waals surface area contributed by atoms with E-state index in [0.29, 0.717) is 21.2 Å². The van der Waals surface area contributed by atoms with Crippen molar-refractivity contribution >= 4 is 40.7 Å². The van der Waals surface area contributed by atoms with Gasteiger partial charge in [-0.25, -0.2) is 0 Å². The molecule has 0 saturated carbocycles. The van der Waals surface area contributed by atoms with E-state index in [9.17, 15) is 4.79 Å². The van der Waals surface area contributed by atoms with Crippen molar-refractivity contribution in [2.24, 2.45) is 0 Å². The van der Waals surface area contributed by atoms with Gasteiger partial charge in [-0.3, -0.25) is 4.79 Å². The van der Waals surface area contributed by atoms with Crippen LogP contribution in [0, 0.1) is 0 Å². The fourth-order valence-corrected chi connectivity index (χ4v) is 4.34. The van der Waals surface area contributed by atoms with Gasteiger partial charge in [0.05, 0.1) is 0 Å². The molecule has 3 aromatic carbocycles. The normalized spacial score (nSPS) is 11.9. The van der Waals surface area contributed by atoms with E-state index in [0.717, 1.165) is 4.90 Å². The van der Waals surface area contributed by atoms with Crippen molar-refractivity contribution in [1.29, 1.82) is 0 Å². The highest BCUT2D eigenvalue weighted by molar-refractivity contribution is 8.00. The van der Waals surface area contributed by atoms with Crippen molar-refractivity contribution in [3.63, 3.8) is 0 Å². The fourth-order valence-electron chi connectivity index (χ4n) is 2.39. The predicted molar refractivity (Wildman–Crippen MR) is 102 cm³/mol. The molecule has 0 spiro atoms. The molecule has 0 radical (unpaired) electrons. The first-order chi connectivity index (χ1) is 11.7. The Morgan fingerprint density at radius 2 is 1.29 bits per heavy atom. The molecular formula is C20H14Cl2OS. The summed E-state index contributed by atoms with van der Waals surface area (Å²) in [6, 6.07) is 24.3. The summed E-state index contributed by atoms with van der Waals surface area (Å²) in [6.07, 6.45) is 0. The molecule has 0 aromatic heterocycles. The molecule has 3 aromatic rings. The minimum absolute atomic E-state index is 0.0144. The van der Waals surface area contributed by atoms with Gasteiger partial charge >= 0.3 is 0 Å². The average molecular weight is 373 g/mol. The van der Waals surface area contributed by atoms with Crippen LogP contribution in [-0.2, 0) is 0 Å². The second kappa shape index (κ2) is 7.89. The van der Waals surface area contributed by atoms with Crippen molar-refractivity contribution in [2.75, 3.05) is 0 Å². The highest BCUT2D eigenvalue weighted by Gasteiger charge is 2.27. The molecule has 0 aliphatic heterocycles. The van der Waals surface area contributed by atoms with Gasteiger partial charge in [0.15, 0.2) is 5.78 Å². The lowest BCUT2D eigenvalue weighted by Crippen LogP contribution is -2.11. The predicted octanol–water partition coefficient (Wildman–Crippen LogP) is 6.71. The van der Waals surface area contributed by atoms with E-state index < -0.39 is 5.25 Å². The lowest BCUT2D eigenvalue weighted by Gasteiger charge is -2.19. The highest BCUT2D eigenvalue weighted by Crippen LogP contribution is 2.43. The average Bonchev–Trinajstić information content (AvgIpc) is 2.62. The molecule has 1 unspecified atom stereocenters. The van der Waals surface area contributed by atoms with Crippen LogP contribution in [0.3, 0.4) is 0 Å². The summed E-state index contributed by atoms with van der Waals surface area (Å²) in [6.45, 7) is 0. The zero-order valence-electron chi connectivity index (χ0n) is 12.7. The van der Waals surface area contributed by atoms with E-state index in [1.54, 1.807) is 18.2 Å². The zero-order chi connectivity index (χ0) is 16.9. The van der Waals surface area contributed by atoms with Crippen molar-refractivity contribution < 1.29 is 4.79 Å². The summed E-state index contributed by atoms with van der Waals surface area (Å²) < 4.78 is 0. The van der Waals surface area contributed by atoms with E-state index in [1.165, 1.54) is 11.8 Å². The molecular weight excluding hydrogens is 359 g/mol. The lowest BCUT2D eigenvalue weighted by molar-refractivity contribution is 0.0989. The number of halogens is 2. The Kier molecular flexibility index (Phi) is 5.62. The van der Waals surface area contributed by atoms with Gasteiger partial charge in [0.25, 0.3) is 0 Å². The third kappa shape index (κ3) is 3.84. The number of ketones is 1. The standard InChI is InChI=1S/C20H14Cl2OS/c21-16-12-7-13-17(22)18(16)20(24-15-10-5-2-6-11-15)19(23)14-8-3-1-4-9-14/h1-13,20H. The maximum absolute atomic E-state index is 13.1. The fraction of sp³-hybridized carbons (Fsp3) is 0.0500. The van der Waals surface area contributed by atoms with E-state index >= 15 is 0 Å². The Balaban J connectivity index is 2.06. The number of hydrogen-bond donors (Lipinski definition) is 0. The molecule has 0 amide bonds. The molecule has 1 atom stereocenters. The van der Waals surface area contributed by atoms with Crippen LogP contribution in [0.1, 0.15) is 21.2 Å². The molecule has 0 saturated heterocycles. The largest absolute Gasteiger partial charge is 0.293 e. The molecule has 3 rings (SSSR count). The van der Waals surface area contributed by atoms with Gasteiger partial charge in [-0.1, -0.05) is 77.8 Å². The van der Waals surface area contributed by atoms with Gasteiger partial charge in [-0.05, 0) is 24.3 Å². The van der Waals surface area contributed by atoms with Crippen LogP contribution in [0.2, 0.25) is 10.0 Å². The summed E-state index contributed by atoms with van der Waals surface area (Å²) in [5, 5.41) is 0.497. The van der Waals surface area contributed by atoms with Crippen LogP contribution in [0.15, 0.2) is 83.8 Å². The van der Waals surface area contributed by atoms with Crippen LogP contribution in [0.4, 0.5) is 0 Å². The molecule has 24 heavy (non-hydrogen) atoms. The van der Waals surface area contributed by atoms with Crippen LogP contribution in [0.5, 0.6) is 0 Å². The molecule has 1 nitrogen and oxygen atoms in total. The first-order valence-electron chi connectivity index (χ1n) is 7.41. The van der Waals surface area contributed by atoms with Crippen LogP contribution >= 0.6 is 35.0 Å². The Hall–Kier alpha value is -1.74. The quantitative estimate of drug-likeness (QED) is 0.365. The Labute approximate surface area is 155 Å². The molecule has 120 valence electrons. The van der Waals surface area contributed by atoms with Crippen molar-refractivity contribution in [3.8, 4) is 0 Å². The summed E-state index contributed by atoms with van der Waals surface area (Å²) in [7, 11) is 0. The van der Waals surface area contributed by atoms with E-state index in [2.05, 4.69) is 0 Å². The number of rotatable bonds is 5. The van der Waals surface area contributed by atoms with Gasteiger partial charge in [-0.15, -0.1) is 11.8 Å². The second-order valence-electron chi connectivity index (χ2n) is 5.18. The molecule has 0 heterocycles. The number of thioether (sulfide) groups is 1. The third-order valence-corrected chi connectivity index (χ3v) is 5.44. The smallest absolute Gasteiger partial charge is 0.180 e. The van der Waals surface area contributed by atoms with Gasteiger partial charge < -0.3 is 0 Å². The SMILES string of the molecule is O=C(c1ccccc1)C(Sc1ccccc1)c1c(Cl)cccc1Cl. The van der Waals surface area contributed by atoms with Gasteiger partial charge in [-0.2, -0.15) is 0 Å². The Morgan fingerprint density at radius 3 is 1.88 bits per heavy atom. The maximum Gasteiger partial charge on any atom is 0.180 e. The number of carbonyl (C=O) groups is 1. The molecule has 0 fully saturated rings. The minimum Gasteiger partial charge on any atom is -0.293 e. The molecule has 0 aliphatic carbocycles. The van der Waals surface area contributed by atoms with Crippen molar-refractivity contribution in [1.82, 2.24) is 0 Å². The van der Waals surface area contributed by atoms with E-state index in [-0.39, 0.29) is 5.78 Å². The maximum atomic E-state index is 13.1. The number of carbonyl (C=O) groups excluding carboxylic acids is 1. The Bertz CT molecular complexity index is 815. The van der Waals surface area contributed by atoms with Crippen molar-refractivity contribution in [3.05, 3.63) is 100 Å². The van der Waals surface area contributed by atoms with Crippen molar-refractivity contribution in [2.45, 2.75) is 10.1 Å². The molecule has 0 bridgehead atoms. The number of benzene rings is 3. The highest BCUT2D eigenvalue weighted by atomic mass is 35.5. The first-order valence-corrected chi connectivity index (χ1v) is 9.05. The minimum atomic E-state index is -0.504. The zero-order valence-corrected chi connectivity index (χ0v) is 15.0. The summed E-state index contributed by atoms with van der Waals surface area (Å²) in [5.41, 5.74) is 1.30. The number of hydrogen-bond acceptors (Lipinski definition) is 2. The number of Topliss-reactive ketones (excluding diaryl/α,β-unsaturated/α-hetero) is 1. The topological polar surface area (TPSA) is 17.1 Å². The first kappa shape index (κ1) is 17.1. The lowest BCUT2D eigenvalue weighted by atomic mass is 10.0. The van der Waals surface area contributed by atoms with Crippen LogP contribution in [-0.4, -0.2) is 5.78 Å². The molecule has 0 N–H and O–H groups in total. The molecule has 4 heteroatoms. The van der Waals surface area contributed by atoms with Crippen LogP contribution < -0.4 is 0 Å². The van der Waals surface area contributed by atoms with Gasteiger partial charge in [0.1, 0.15) is 5.25 Å². The second-order valence-corrected chi connectivity index (χ2v) is 7.17.